The predicted molar refractivity (Wildman–Crippen MR) is 65.9 cm³/mol. The summed E-state index contributed by atoms with van der Waals surface area (Å²) < 4.78 is 2.27. The molecule has 4 heteroatoms. The molecule has 0 aliphatic carbocycles. The average Bonchev–Trinajstić information content (AvgIpc) is 2.73. The van der Waals surface area contributed by atoms with Crippen molar-refractivity contribution in [3.63, 3.8) is 0 Å². The Kier molecular flexibility index (Phi) is 2.94. The van der Waals surface area contributed by atoms with E-state index in [1.54, 1.807) is 0 Å². The first-order chi connectivity index (χ1) is 7.84. The molecule has 0 saturated carbocycles. The molecule has 3 rings (SSSR count). The predicted octanol–water partition coefficient (Wildman–Crippen LogP) is 1.80. The Morgan fingerprint density at radius 2 is 2.38 bits per heavy atom. The van der Waals surface area contributed by atoms with Gasteiger partial charge in [-0.15, -0.1) is 0 Å². The van der Waals surface area contributed by atoms with Crippen molar-refractivity contribution in [2.45, 2.75) is 44.2 Å². The quantitative estimate of drug-likeness (QED) is 0.811. The first kappa shape index (κ1) is 10.7. The van der Waals surface area contributed by atoms with Gasteiger partial charge in [-0.1, -0.05) is 0 Å². The number of aliphatic hydroxyl groups is 1. The van der Waals surface area contributed by atoms with Gasteiger partial charge in [0.1, 0.15) is 5.82 Å². The summed E-state index contributed by atoms with van der Waals surface area (Å²) >= 11 is 2.04. The van der Waals surface area contributed by atoms with E-state index < -0.39 is 0 Å². The fraction of sp³-hybridized carbons (Fsp3) is 0.750. The molecule has 2 atom stereocenters. The summed E-state index contributed by atoms with van der Waals surface area (Å²) in [5.41, 5.74) is 1.32. The van der Waals surface area contributed by atoms with Crippen molar-refractivity contribution in [2.24, 2.45) is 0 Å². The summed E-state index contributed by atoms with van der Waals surface area (Å²) in [7, 11) is 0. The Morgan fingerprint density at radius 1 is 1.44 bits per heavy atom. The lowest BCUT2D eigenvalue weighted by molar-refractivity contribution is 0.129. The number of nitrogens with zero attached hydrogens (tertiary/aromatic N) is 2. The van der Waals surface area contributed by atoms with Crippen molar-refractivity contribution in [1.82, 2.24) is 9.55 Å². The van der Waals surface area contributed by atoms with E-state index in [2.05, 4.69) is 9.55 Å². The van der Waals surface area contributed by atoms with E-state index in [0.717, 1.165) is 19.4 Å². The van der Waals surface area contributed by atoms with Gasteiger partial charge in [0, 0.05) is 23.6 Å². The van der Waals surface area contributed by atoms with Crippen LogP contribution in [0.25, 0.3) is 0 Å². The highest BCUT2D eigenvalue weighted by molar-refractivity contribution is 7.99. The molecule has 2 aliphatic rings. The van der Waals surface area contributed by atoms with Crippen LogP contribution in [0.2, 0.25) is 0 Å². The second-order valence-electron chi connectivity index (χ2n) is 4.82. The fourth-order valence-electron chi connectivity index (χ4n) is 2.72. The summed E-state index contributed by atoms with van der Waals surface area (Å²) in [4.78, 5) is 4.59. The van der Waals surface area contributed by atoms with E-state index in [9.17, 15) is 5.11 Å². The zero-order valence-corrected chi connectivity index (χ0v) is 10.2. The maximum absolute atomic E-state index is 9.74. The summed E-state index contributed by atoms with van der Waals surface area (Å²) in [6.45, 7) is 0.756. The van der Waals surface area contributed by atoms with Gasteiger partial charge in [-0.25, -0.2) is 4.98 Å². The largest absolute Gasteiger partial charge is 0.391 e. The van der Waals surface area contributed by atoms with Crippen molar-refractivity contribution in [3.8, 4) is 0 Å². The third kappa shape index (κ3) is 1.89. The average molecular weight is 238 g/mol. The Labute approximate surface area is 100 Å². The molecule has 3 heterocycles. The van der Waals surface area contributed by atoms with Crippen LogP contribution in [-0.4, -0.2) is 32.3 Å². The van der Waals surface area contributed by atoms with Gasteiger partial charge in [-0.05, 0) is 31.4 Å². The molecular weight excluding hydrogens is 220 g/mol. The number of rotatable bonds is 1. The first-order valence-corrected chi connectivity index (χ1v) is 7.30. The molecule has 16 heavy (non-hydrogen) atoms. The van der Waals surface area contributed by atoms with Crippen molar-refractivity contribution < 1.29 is 5.11 Å². The fourth-order valence-corrected chi connectivity index (χ4v) is 3.86. The van der Waals surface area contributed by atoms with Gasteiger partial charge in [0.15, 0.2) is 0 Å². The monoisotopic (exact) mass is 238 g/mol. The molecule has 2 aliphatic heterocycles. The van der Waals surface area contributed by atoms with E-state index in [1.807, 2.05) is 18.0 Å². The summed E-state index contributed by atoms with van der Waals surface area (Å²) in [5, 5.41) is 9.74. The highest BCUT2D eigenvalue weighted by Gasteiger charge is 2.25. The van der Waals surface area contributed by atoms with Crippen molar-refractivity contribution in [3.05, 3.63) is 17.7 Å². The number of aliphatic hydroxyl groups excluding tert-OH is 1. The molecular formula is C12H18N2OS. The molecule has 1 aromatic heterocycles. The lowest BCUT2D eigenvalue weighted by atomic mass is 10.0. The van der Waals surface area contributed by atoms with Crippen LogP contribution in [0.5, 0.6) is 0 Å². The summed E-state index contributed by atoms with van der Waals surface area (Å²) in [6, 6.07) is 0. The highest BCUT2D eigenvalue weighted by atomic mass is 32.2. The standard InChI is InChI=1S/C12H18N2OS/c15-11-4-3-10-6-13-12(14(10)7-11)9-2-1-5-16-8-9/h6,9,11,15H,1-5,7-8H2. The molecule has 3 nitrogen and oxygen atoms in total. The van der Waals surface area contributed by atoms with Crippen LogP contribution in [0.15, 0.2) is 6.20 Å². The van der Waals surface area contributed by atoms with Gasteiger partial charge in [0.2, 0.25) is 0 Å². The topological polar surface area (TPSA) is 38.1 Å². The number of thioether (sulfide) groups is 1. The number of fused-ring (bicyclic) bond motifs is 1. The molecule has 0 bridgehead atoms. The number of hydrogen-bond donors (Lipinski definition) is 1. The Bertz CT molecular complexity index is 371. The van der Waals surface area contributed by atoms with Crippen LogP contribution in [0, 0.1) is 0 Å². The third-order valence-corrected chi connectivity index (χ3v) is 4.84. The third-order valence-electron chi connectivity index (χ3n) is 3.62. The van der Waals surface area contributed by atoms with Crippen molar-refractivity contribution in [1.29, 1.82) is 0 Å². The van der Waals surface area contributed by atoms with Crippen LogP contribution < -0.4 is 0 Å². The van der Waals surface area contributed by atoms with Gasteiger partial charge < -0.3 is 9.67 Å². The zero-order chi connectivity index (χ0) is 11.0. The Balaban J connectivity index is 1.86. The molecule has 88 valence electrons. The zero-order valence-electron chi connectivity index (χ0n) is 9.43. The number of aryl methyl sites for hydroxylation is 1. The van der Waals surface area contributed by atoms with E-state index in [0.29, 0.717) is 5.92 Å². The molecule has 0 spiro atoms. The minimum Gasteiger partial charge on any atom is -0.391 e. The molecule has 1 fully saturated rings. The van der Waals surface area contributed by atoms with E-state index in [-0.39, 0.29) is 6.10 Å². The minimum absolute atomic E-state index is 0.170. The molecule has 1 aromatic rings. The van der Waals surface area contributed by atoms with E-state index >= 15 is 0 Å². The number of hydrogen-bond acceptors (Lipinski definition) is 3. The maximum atomic E-state index is 9.74. The normalized spacial score (nSPS) is 30.1. The van der Waals surface area contributed by atoms with Crippen LogP contribution in [0.3, 0.4) is 0 Å². The van der Waals surface area contributed by atoms with Gasteiger partial charge in [0.05, 0.1) is 12.6 Å². The molecule has 0 amide bonds. The maximum Gasteiger partial charge on any atom is 0.112 e. The minimum atomic E-state index is -0.170. The molecule has 2 unspecified atom stereocenters. The lowest BCUT2D eigenvalue weighted by Crippen LogP contribution is -2.27. The summed E-state index contributed by atoms with van der Waals surface area (Å²) in [5.74, 6) is 4.33. The van der Waals surface area contributed by atoms with Crippen molar-refractivity contribution >= 4 is 11.8 Å². The van der Waals surface area contributed by atoms with E-state index in [4.69, 9.17) is 0 Å². The molecule has 1 N–H and O–H groups in total. The second kappa shape index (κ2) is 4.41. The smallest absolute Gasteiger partial charge is 0.112 e. The van der Waals surface area contributed by atoms with E-state index in [1.165, 1.54) is 35.9 Å². The van der Waals surface area contributed by atoms with Gasteiger partial charge in [-0.3, -0.25) is 0 Å². The van der Waals surface area contributed by atoms with Crippen LogP contribution in [0.1, 0.15) is 36.7 Å². The van der Waals surface area contributed by atoms with Gasteiger partial charge in [0.25, 0.3) is 0 Å². The van der Waals surface area contributed by atoms with Crippen LogP contribution >= 0.6 is 11.8 Å². The second-order valence-corrected chi connectivity index (χ2v) is 5.97. The molecule has 0 aromatic carbocycles. The SMILES string of the molecule is OC1CCc2cnc(C3CCCSC3)n2C1. The summed E-state index contributed by atoms with van der Waals surface area (Å²) in [6.07, 6.45) is 6.29. The first-order valence-electron chi connectivity index (χ1n) is 6.14. The Morgan fingerprint density at radius 3 is 3.19 bits per heavy atom. The van der Waals surface area contributed by atoms with Gasteiger partial charge >= 0.3 is 0 Å². The Hall–Kier alpha value is -0.480. The molecule has 1 saturated heterocycles. The number of aromatic nitrogens is 2. The lowest BCUT2D eigenvalue weighted by Gasteiger charge is -2.26. The van der Waals surface area contributed by atoms with Gasteiger partial charge in [-0.2, -0.15) is 11.8 Å². The van der Waals surface area contributed by atoms with Crippen LogP contribution in [0.4, 0.5) is 0 Å². The number of imidazole rings is 1. The van der Waals surface area contributed by atoms with Crippen LogP contribution in [-0.2, 0) is 13.0 Å². The highest BCUT2D eigenvalue weighted by Crippen LogP contribution is 2.32. The van der Waals surface area contributed by atoms with Crippen molar-refractivity contribution in [2.75, 3.05) is 11.5 Å². The molecule has 0 radical (unpaired) electrons.